The Kier molecular flexibility index (Phi) is 29.3. The largest absolute Gasteiger partial charge is 0.492 e. The average Bonchev–Trinajstić information content (AvgIpc) is 3.70. The maximum atomic E-state index is 12.3. The fraction of sp³-hybridized carbons (Fsp3) is 0.581. The van der Waals surface area contributed by atoms with Gasteiger partial charge in [0.05, 0.1) is 107 Å². The summed E-state index contributed by atoms with van der Waals surface area (Å²) in [5.41, 5.74) is 1.39. The van der Waals surface area contributed by atoms with Crippen molar-refractivity contribution >= 4 is 47.4 Å². The second-order valence-corrected chi connectivity index (χ2v) is 15.4. The van der Waals surface area contributed by atoms with E-state index in [9.17, 15) is 29.7 Å². The lowest BCUT2D eigenvalue weighted by Crippen LogP contribution is -2.15. The molecular weight excluding hydrogens is 865 g/mol. The fourth-order valence-corrected chi connectivity index (χ4v) is 7.29. The summed E-state index contributed by atoms with van der Waals surface area (Å²) >= 11 is 2.49. The third-order valence-corrected chi connectivity index (χ3v) is 10.4. The summed E-state index contributed by atoms with van der Waals surface area (Å²) in [7, 11) is 0. The van der Waals surface area contributed by atoms with Crippen molar-refractivity contribution in [1.82, 2.24) is 0 Å². The van der Waals surface area contributed by atoms with Gasteiger partial charge >= 0.3 is 23.9 Å². The van der Waals surface area contributed by atoms with Crippen molar-refractivity contribution in [2.24, 2.45) is 0 Å². The van der Waals surface area contributed by atoms with Crippen LogP contribution in [0.5, 0.6) is 11.5 Å². The van der Waals surface area contributed by atoms with E-state index in [2.05, 4.69) is 13.2 Å². The number of thioether (sulfide) groups is 2. The SMILES string of the molecule is C=C(C)C(=O)OCCOCCOCCOCCOC(=O)CCCOc1cc(C)c(OCCCC(=O)OCCOCCOCCOCCOC(=O)C(=C)C)c2c1SC(=C(C#N)C#N)S2. The number of hydrogen-bond donors (Lipinski definition) is 0. The number of ether oxygens (including phenoxy) is 12. The number of nitriles is 2. The molecule has 0 atom stereocenters. The molecule has 1 aromatic rings. The van der Waals surface area contributed by atoms with E-state index >= 15 is 0 Å². The lowest BCUT2D eigenvalue weighted by atomic mass is 10.2. The van der Waals surface area contributed by atoms with Gasteiger partial charge in [-0.25, -0.2) is 9.59 Å². The second kappa shape index (κ2) is 33.9. The lowest BCUT2D eigenvalue weighted by Gasteiger charge is -2.16. The standard InChI is InChI=1S/C43H58N2O16S2/c1-31(2)41(48)60-26-22-54-18-14-50-12-16-52-20-24-57-36(46)8-6-10-56-35-28-33(5)38(40-39(35)62-43(63-40)34(29-44)30-45)59-11-7-9-37(47)58-25-21-53-17-13-51-15-19-55-23-27-61-42(49)32(3)4/h28H,1,3,6-27H2,2,4-5H3. The van der Waals surface area contributed by atoms with Crippen molar-refractivity contribution in [1.29, 1.82) is 10.5 Å². The molecule has 0 aromatic heterocycles. The van der Waals surface area contributed by atoms with Gasteiger partial charge in [0.15, 0.2) is 0 Å². The minimum Gasteiger partial charge on any atom is -0.492 e. The average molecular weight is 923 g/mol. The molecule has 0 saturated carbocycles. The molecule has 0 spiro atoms. The van der Waals surface area contributed by atoms with Crippen molar-refractivity contribution in [3.8, 4) is 23.6 Å². The summed E-state index contributed by atoms with van der Waals surface area (Å²) in [6.45, 7) is 16.5. The third kappa shape index (κ3) is 24.1. The van der Waals surface area contributed by atoms with Crippen LogP contribution >= 0.6 is 23.5 Å². The summed E-state index contributed by atoms with van der Waals surface area (Å²) in [5, 5.41) is 19.0. The van der Waals surface area contributed by atoms with Crippen molar-refractivity contribution in [3.63, 3.8) is 0 Å². The third-order valence-electron chi connectivity index (χ3n) is 7.80. The molecule has 348 valence electrons. The highest BCUT2D eigenvalue weighted by atomic mass is 32.2. The van der Waals surface area contributed by atoms with Crippen LogP contribution in [-0.4, -0.2) is 143 Å². The Morgan fingerprint density at radius 3 is 1.30 bits per heavy atom. The number of esters is 4. The quantitative estimate of drug-likeness (QED) is 0.0277. The number of carbonyl (C=O) groups is 4. The summed E-state index contributed by atoms with van der Waals surface area (Å²) in [5.74, 6) is -0.614. The Morgan fingerprint density at radius 2 is 0.905 bits per heavy atom. The summed E-state index contributed by atoms with van der Waals surface area (Å²) < 4.78 is 65.3. The van der Waals surface area contributed by atoms with Crippen LogP contribution in [0, 0.1) is 29.6 Å². The minimum atomic E-state index is -0.455. The molecule has 1 aliphatic heterocycles. The molecule has 0 bridgehead atoms. The summed E-state index contributed by atoms with van der Waals surface area (Å²) in [6, 6.07) is 5.68. The number of fused-ring (bicyclic) bond motifs is 1. The molecule has 2 rings (SSSR count). The maximum Gasteiger partial charge on any atom is 0.333 e. The van der Waals surface area contributed by atoms with Gasteiger partial charge in [-0.2, -0.15) is 10.5 Å². The van der Waals surface area contributed by atoms with E-state index < -0.39 is 23.9 Å². The van der Waals surface area contributed by atoms with Gasteiger partial charge < -0.3 is 56.8 Å². The number of allylic oxidation sites excluding steroid dienone is 1. The molecule has 1 aromatic carbocycles. The second-order valence-electron chi connectivity index (χ2n) is 13.1. The Bertz CT molecular complexity index is 1740. The number of rotatable bonds is 36. The fourth-order valence-electron chi connectivity index (χ4n) is 4.70. The van der Waals surface area contributed by atoms with Gasteiger partial charge in [0.2, 0.25) is 0 Å². The monoisotopic (exact) mass is 922 g/mol. The molecule has 20 heteroatoms. The summed E-state index contributed by atoms with van der Waals surface area (Å²) in [4.78, 5) is 48.5. The highest BCUT2D eigenvalue weighted by Gasteiger charge is 2.30. The van der Waals surface area contributed by atoms with E-state index in [-0.39, 0.29) is 84.5 Å². The van der Waals surface area contributed by atoms with Crippen LogP contribution in [0.25, 0.3) is 0 Å². The van der Waals surface area contributed by atoms with E-state index in [0.29, 0.717) is 102 Å². The molecule has 0 saturated heterocycles. The minimum absolute atomic E-state index is 0.0293. The molecule has 0 radical (unpaired) electrons. The number of benzene rings is 1. The first-order valence-corrected chi connectivity index (χ1v) is 21.9. The Balaban J connectivity index is 1.62. The molecule has 1 aliphatic rings. The molecule has 63 heavy (non-hydrogen) atoms. The molecule has 0 fully saturated rings. The number of aryl methyl sites for hydroxylation is 1. The first-order chi connectivity index (χ1) is 30.5. The van der Waals surface area contributed by atoms with Crippen LogP contribution < -0.4 is 9.47 Å². The highest BCUT2D eigenvalue weighted by Crippen LogP contribution is 2.59. The molecule has 0 N–H and O–H groups in total. The van der Waals surface area contributed by atoms with Gasteiger partial charge in [-0.1, -0.05) is 36.7 Å². The zero-order valence-corrected chi connectivity index (χ0v) is 37.9. The van der Waals surface area contributed by atoms with Crippen molar-refractivity contribution in [2.45, 2.75) is 56.2 Å². The van der Waals surface area contributed by atoms with E-state index in [0.717, 1.165) is 5.56 Å². The predicted octanol–water partition coefficient (Wildman–Crippen LogP) is 5.19. The van der Waals surface area contributed by atoms with Crippen LogP contribution in [0.15, 0.2) is 50.0 Å². The van der Waals surface area contributed by atoms with Gasteiger partial charge in [-0.05, 0) is 45.2 Å². The zero-order chi connectivity index (χ0) is 46.1. The number of hydrogen-bond acceptors (Lipinski definition) is 20. The summed E-state index contributed by atoms with van der Waals surface area (Å²) in [6.07, 6.45) is 1.01. The van der Waals surface area contributed by atoms with Crippen molar-refractivity contribution in [2.75, 3.05) is 119 Å². The van der Waals surface area contributed by atoms with Gasteiger partial charge in [0.25, 0.3) is 0 Å². The molecule has 18 nitrogen and oxygen atoms in total. The maximum absolute atomic E-state index is 12.3. The normalized spacial score (nSPS) is 11.5. The molecule has 0 amide bonds. The molecule has 0 unspecified atom stereocenters. The van der Waals surface area contributed by atoms with Crippen LogP contribution in [0.2, 0.25) is 0 Å². The number of nitrogens with zero attached hydrogens (tertiary/aromatic N) is 2. The molecular formula is C43H58N2O16S2. The lowest BCUT2D eigenvalue weighted by molar-refractivity contribution is -0.146. The van der Waals surface area contributed by atoms with E-state index in [4.69, 9.17) is 56.8 Å². The number of carbonyl (C=O) groups excluding carboxylic acids is 4. The van der Waals surface area contributed by atoms with Gasteiger partial charge in [0.1, 0.15) is 55.6 Å². The highest BCUT2D eigenvalue weighted by molar-refractivity contribution is 8.24. The zero-order valence-electron chi connectivity index (χ0n) is 36.3. The Morgan fingerprint density at radius 1 is 0.540 bits per heavy atom. The van der Waals surface area contributed by atoms with E-state index in [1.165, 1.54) is 23.5 Å². The van der Waals surface area contributed by atoms with E-state index in [1.807, 2.05) is 19.1 Å². The Hall–Kier alpha value is -4.64. The first-order valence-electron chi connectivity index (χ1n) is 20.2. The van der Waals surface area contributed by atoms with Crippen LogP contribution in [0.1, 0.15) is 45.1 Å². The van der Waals surface area contributed by atoms with Crippen LogP contribution in [0.3, 0.4) is 0 Å². The topological polar surface area (TPSA) is 227 Å². The van der Waals surface area contributed by atoms with Gasteiger partial charge in [-0.3, -0.25) is 9.59 Å². The predicted molar refractivity (Wildman–Crippen MR) is 229 cm³/mol. The molecule has 0 aliphatic carbocycles. The molecule has 1 heterocycles. The van der Waals surface area contributed by atoms with E-state index in [1.54, 1.807) is 19.9 Å². The van der Waals surface area contributed by atoms with Crippen molar-refractivity contribution in [3.05, 3.63) is 45.7 Å². The first kappa shape index (κ1) is 54.5. The smallest absolute Gasteiger partial charge is 0.333 e. The van der Waals surface area contributed by atoms with Gasteiger partial charge in [-0.15, -0.1) is 0 Å². The van der Waals surface area contributed by atoms with Gasteiger partial charge in [0, 0.05) is 24.0 Å². The van der Waals surface area contributed by atoms with Crippen molar-refractivity contribution < 1.29 is 76.0 Å². The van der Waals surface area contributed by atoms with Crippen LogP contribution in [0.4, 0.5) is 0 Å². The Labute approximate surface area is 377 Å². The van der Waals surface area contributed by atoms with Crippen LogP contribution in [-0.2, 0) is 66.5 Å².